The second kappa shape index (κ2) is 6.61. The Balaban J connectivity index is 2.25. The van der Waals surface area contributed by atoms with E-state index in [4.69, 9.17) is 23.2 Å². The van der Waals surface area contributed by atoms with Crippen molar-refractivity contribution in [3.05, 3.63) is 62.0 Å². The first-order valence-corrected chi connectivity index (χ1v) is 8.30. The lowest BCUT2D eigenvalue weighted by atomic mass is 9.86. The molecule has 0 saturated carbocycles. The van der Waals surface area contributed by atoms with Crippen LogP contribution in [0, 0.1) is 0 Å². The van der Waals surface area contributed by atoms with Crippen molar-refractivity contribution in [3.63, 3.8) is 0 Å². The molecule has 1 amide bonds. The summed E-state index contributed by atoms with van der Waals surface area (Å²) in [5.41, 5.74) is 2.25. The zero-order valence-electron chi connectivity index (χ0n) is 12.5. The van der Waals surface area contributed by atoms with E-state index >= 15 is 0 Å². The highest BCUT2D eigenvalue weighted by Gasteiger charge is 2.18. The maximum absolute atomic E-state index is 12.3. The van der Waals surface area contributed by atoms with Crippen LogP contribution in [0.25, 0.3) is 0 Å². The van der Waals surface area contributed by atoms with Gasteiger partial charge in [-0.1, -0.05) is 66.0 Å². The van der Waals surface area contributed by atoms with Crippen molar-refractivity contribution < 1.29 is 4.79 Å². The van der Waals surface area contributed by atoms with Crippen molar-refractivity contribution in [1.82, 2.24) is 0 Å². The molecule has 2 aromatic rings. The van der Waals surface area contributed by atoms with Gasteiger partial charge in [-0.2, -0.15) is 0 Å². The number of amides is 1. The van der Waals surface area contributed by atoms with Crippen LogP contribution >= 0.6 is 39.1 Å². The molecule has 0 spiro atoms. The first-order chi connectivity index (χ1) is 10.2. The average molecular weight is 401 g/mol. The van der Waals surface area contributed by atoms with Crippen LogP contribution in [0.15, 0.2) is 40.9 Å². The fourth-order valence-corrected chi connectivity index (χ4v) is 3.48. The van der Waals surface area contributed by atoms with E-state index in [2.05, 4.69) is 42.0 Å². The van der Waals surface area contributed by atoms with E-state index in [1.807, 2.05) is 18.2 Å². The van der Waals surface area contributed by atoms with E-state index in [1.54, 1.807) is 18.2 Å². The van der Waals surface area contributed by atoms with Gasteiger partial charge in [-0.3, -0.25) is 4.79 Å². The quantitative estimate of drug-likeness (QED) is 0.628. The van der Waals surface area contributed by atoms with Crippen LogP contribution in [0.5, 0.6) is 0 Å². The molecule has 0 saturated heterocycles. The van der Waals surface area contributed by atoms with Crippen LogP contribution in [-0.2, 0) is 5.41 Å². The van der Waals surface area contributed by atoms with Gasteiger partial charge in [0.25, 0.3) is 5.91 Å². The van der Waals surface area contributed by atoms with Gasteiger partial charge in [0, 0.05) is 15.1 Å². The van der Waals surface area contributed by atoms with E-state index in [1.165, 1.54) is 0 Å². The van der Waals surface area contributed by atoms with E-state index < -0.39 is 0 Å². The maximum atomic E-state index is 12.3. The Morgan fingerprint density at radius 1 is 1.09 bits per heavy atom. The molecular weight excluding hydrogens is 385 g/mol. The lowest BCUT2D eigenvalue weighted by Crippen LogP contribution is -2.15. The normalized spacial score (nSPS) is 11.4. The first kappa shape index (κ1) is 17.3. The largest absolute Gasteiger partial charge is 0.321 e. The van der Waals surface area contributed by atoms with Gasteiger partial charge < -0.3 is 5.32 Å². The summed E-state index contributed by atoms with van der Waals surface area (Å²) in [6, 6.07) is 10.5. The molecule has 0 unspecified atom stereocenters. The van der Waals surface area contributed by atoms with Crippen molar-refractivity contribution >= 4 is 50.7 Å². The van der Waals surface area contributed by atoms with Gasteiger partial charge in [0.15, 0.2) is 0 Å². The molecule has 0 heterocycles. The van der Waals surface area contributed by atoms with E-state index in [-0.39, 0.29) is 11.3 Å². The number of carbonyl (C=O) groups is 1. The maximum Gasteiger partial charge on any atom is 0.255 e. The standard InChI is InChI=1S/C17H16BrCl2NO/c1-17(2,3)12-6-4-10(8-13(12)18)16(22)21-15-7-5-11(19)9-14(15)20/h4-9H,1-3H3,(H,21,22). The number of hydrogen-bond donors (Lipinski definition) is 1. The summed E-state index contributed by atoms with van der Waals surface area (Å²) < 4.78 is 0.912. The third-order valence-electron chi connectivity index (χ3n) is 3.22. The molecule has 22 heavy (non-hydrogen) atoms. The van der Waals surface area contributed by atoms with Gasteiger partial charge >= 0.3 is 0 Å². The Morgan fingerprint density at radius 2 is 1.77 bits per heavy atom. The highest BCUT2D eigenvalue weighted by molar-refractivity contribution is 9.10. The molecule has 2 aromatic carbocycles. The number of hydrogen-bond acceptors (Lipinski definition) is 1. The number of carbonyl (C=O) groups excluding carboxylic acids is 1. The molecule has 0 fully saturated rings. The minimum atomic E-state index is -0.217. The number of anilines is 1. The Kier molecular flexibility index (Phi) is 5.21. The molecule has 0 aliphatic heterocycles. The monoisotopic (exact) mass is 399 g/mol. The van der Waals surface area contributed by atoms with Crippen molar-refractivity contribution in [3.8, 4) is 0 Å². The predicted molar refractivity (Wildman–Crippen MR) is 97.3 cm³/mol. The zero-order chi connectivity index (χ0) is 16.5. The molecule has 0 bridgehead atoms. The van der Waals surface area contributed by atoms with Crippen molar-refractivity contribution in [2.24, 2.45) is 0 Å². The van der Waals surface area contributed by atoms with E-state index in [0.29, 0.717) is 21.3 Å². The minimum absolute atomic E-state index is 0.00727. The van der Waals surface area contributed by atoms with Crippen LogP contribution < -0.4 is 5.32 Å². The predicted octanol–water partition coefficient (Wildman–Crippen LogP) is 6.31. The molecule has 2 nitrogen and oxygen atoms in total. The molecule has 0 aromatic heterocycles. The molecule has 0 aliphatic rings. The van der Waals surface area contributed by atoms with E-state index in [0.717, 1.165) is 10.0 Å². The van der Waals surface area contributed by atoms with Crippen LogP contribution in [0.4, 0.5) is 5.69 Å². The number of nitrogens with one attached hydrogen (secondary N) is 1. The Bertz CT molecular complexity index is 723. The van der Waals surface area contributed by atoms with Crippen LogP contribution in [0.2, 0.25) is 10.0 Å². The average Bonchev–Trinajstić information content (AvgIpc) is 2.40. The number of rotatable bonds is 2. The second-order valence-electron chi connectivity index (χ2n) is 6.02. The smallest absolute Gasteiger partial charge is 0.255 e. The lowest BCUT2D eigenvalue weighted by molar-refractivity contribution is 0.102. The molecule has 1 N–H and O–H groups in total. The van der Waals surface area contributed by atoms with E-state index in [9.17, 15) is 4.79 Å². The minimum Gasteiger partial charge on any atom is -0.321 e. The first-order valence-electron chi connectivity index (χ1n) is 6.75. The number of benzene rings is 2. The third kappa shape index (κ3) is 4.03. The van der Waals surface area contributed by atoms with Crippen molar-refractivity contribution in [2.75, 3.05) is 5.32 Å². The number of halogens is 3. The molecular formula is C17H16BrCl2NO. The Morgan fingerprint density at radius 3 is 2.32 bits per heavy atom. The van der Waals surface area contributed by atoms with Crippen LogP contribution in [-0.4, -0.2) is 5.91 Å². The third-order valence-corrected chi connectivity index (χ3v) is 4.42. The Labute approximate surface area is 148 Å². The SMILES string of the molecule is CC(C)(C)c1ccc(C(=O)Nc2ccc(Cl)cc2Cl)cc1Br. The molecule has 0 radical (unpaired) electrons. The van der Waals surface area contributed by atoms with Gasteiger partial charge in [-0.15, -0.1) is 0 Å². The van der Waals surface area contributed by atoms with Gasteiger partial charge in [0.05, 0.1) is 10.7 Å². The lowest BCUT2D eigenvalue weighted by Gasteiger charge is -2.21. The van der Waals surface area contributed by atoms with Crippen molar-refractivity contribution in [2.45, 2.75) is 26.2 Å². The molecule has 0 aliphatic carbocycles. The van der Waals surface area contributed by atoms with Gasteiger partial charge in [-0.05, 0) is 41.3 Å². The van der Waals surface area contributed by atoms with Crippen LogP contribution in [0.3, 0.4) is 0 Å². The fraction of sp³-hybridized carbons (Fsp3) is 0.235. The second-order valence-corrected chi connectivity index (χ2v) is 7.72. The summed E-state index contributed by atoms with van der Waals surface area (Å²) in [6.07, 6.45) is 0. The van der Waals surface area contributed by atoms with Crippen LogP contribution in [0.1, 0.15) is 36.7 Å². The molecule has 0 atom stereocenters. The summed E-state index contributed by atoms with van der Waals surface area (Å²) in [7, 11) is 0. The zero-order valence-corrected chi connectivity index (χ0v) is 15.6. The highest BCUT2D eigenvalue weighted by atomic mass is 79.9. The molecule has 116 valence electrons. The summed E-state index contributed by atoms with van der Waals surface area (Å²) in [5, 5.41) is 3.73. The van der Waals surface area contributed by atoms with Gasteiger partial charge in [0.2, 0.25) is 0 Å². The topological polar surface area (TPSA) is 29.1 Å². The van der Waals surface area contributed by atoms with Crippen molar-refractivity contribution in [1.29, 1.82) is 0 Å². The summed E-state index contributed by atoms with van der Waals surface area (Å²) >= 11 is 15.5. The summed E-state index contributed by atoms with van der Waals surface area (Å²) in [5.74, 6) is -0.217. The summed E-state index contributed by atoms with van der Waals surface area (Å²) in [4.78, 5) is 12.3. The molecule has 5 heteroatoms. The molecule has 2 rings (SSSR count). The Hall–Kier alpha value is -1.03. The highest BCUT2D eigenvalue weighted by Crippen LogP contribution is 2.31. The van der Waals surface area contributed by atoms with Gasteiger partial charge in [0.1, 0.15) is 0 Å². The van der Waals surface area contributed by atoms with Gasteiger partial charge in [-0.25, -0.2) is 0 Å². The fourth-order valence-electron chi connectivity index (χ4n) is 2.05. The summed E-state index contributed by atoms with van der Waals surface area (Å²) in [6.45, 7) is 6.38.